The second-order valence-corrected chi connectivity index (χ2v) is 19.6. The van der Waals surface area contributed by atoms with Crippen molar-refractivity contribution in [1.29, 1.82) is 0 Å². The summed E-state index contributed by atoms with van der Waals surface area (Å²) in [5.41, 5.74) is 1.55. The maximum atomic E-state index is 12.5. The average Bonchev–Trinajstić information content (AvgIpc) is 2.59. The van der Waals surface area contributed by atoms with E-state index in [0.717, 1.165) is 20.1 Å². The van der Waals surface area contributed by atoms with E-state index in [0.29, 0.717) is 0 Å². The van der Waals surface area contributed by atoms with E-state index in [2.05, 4.69) is 31.9 Å². The number of carbonyl (C=O) groups is 2. The van der Waals surface area contributed by atoms with Gasteiger partial charge in [-0.05, 0) is 0 Å². The van der Waals surface area contributed by atoms with Crippen LogP contribution in [0.25, 0.3) is 0 Å². The zero-order chi connectivity index (χ0) is 17.7. The summed E-state index contributed by atoms with van der Waals surface area (Å²) in [4.78, 5) is 25.0. The molecular formula is C18H16Br2O2Te2. The number of benzene rings is 2. The van der Waals surface area contributed by atoms with Crippen molar-refractivity contribution in [3.8, 4) is 0 Å². The molecule has 0 fully saturated rings. The number of halogens is 2. The third kappa shape index (κ3) is 5.94. The van der Waals surface area contributed by atoms with E-state index in [1.165, 1.54) is 0 Å². The topological polar surface area (TPSA) is 34.1 Å². The van der Waals surface area contributed by atoms with Gasteiger partial charge in [-0.25, -0.2) is 0 Å². The van der Waals surface area contributed by atoms with E-state index in [1.807, 2.05) is 62.4 Å². The Morgan fingerprint density at radius 3 is 1.29 bits per heavy atom. The molecule has 0 aromatic heterocycles. The van der Waals surface area contributed by atoms with Crippen LogP contribution in [0, 0.1) is 0 Å². The van der Waals surface area contributed by atoms with Gasteiger partial charge in [0.05, 0.1) is 0 Å². The number of ketones is 2. The summed E-state index contributed by atoms with van der Waals surface area (Å²) in [6.07, 6.45) is 0. The van der Waals surface area contributed by atoms with Crippen LogP contribution in [0.1, 0.15) is 34.6 Å². The van der Waals surface area contributed by atoms with Crippen LogP contribution in [-0.2, 0) is 0 Å². The Balaban J connectivity index is 1.91. The number of Topliss-reactive ketones (excluding diaryl/α,β-unsaturated/α-hetero) is 2. The monoisotopic (exact) mass is 682 g/mol. The first kappa shape index (κ1) is 20.6. The molecule has 0 aliphatic carbocycles. The van der Waals surface area contributed by atoms with Crippen molar-refractivity contribution >= 4 is 77.5 Å². The third-order valence-electron chi connectivity index (χ3n) is 3.34. The van der Waals surface area contributed by atoms with Crippen molar-refractivity contribution in [2.24, 2.45) is 0 Å². The quantitative estimate of drug-likeness (QED) is 0.298. The summed E-state index contributed by atoms with van der Waals surface area (Å²) in [5, 5.41) is 0. The Morgan fingerprint density at radius 2 is 1.00 bits per heavy atom. The first-order valence-corrected chi connectivity index (χ1v) is 18.9. The zero-order valence-corrected chi connectivity index (χ0v) is 21.0. The molecule has 0 aliphatic heterocycles. The van der Waals surface area contributed by atoms with Crippen molar-refractivity contribution in [3.63, 3.8) is 0 Å². The van der Waals surface area contributed by atoms with Gasteiger partial charge < -0.3 is 0 Å². The molecule has 6 heteroatoms. The van der Waals surface area contributed by atoms with Crippen molar-refractivity contribution < 1.29 is 9.59 Å². The standard InChI is InChI=1S/C18H16Br2O2Te2/c1-11(17(21)13-3-7-15(19)8-4-13)23-24-12(2)18(22)14-5-9-16(20)10-6-14/h3-12H,1-2H3. The fourth-order valence-corrected chi connectivity index (χ4v) is 14.4. The van der Waals surface area contributed by atoms with E-state index in [9.17, 15) is 9.59 Å². The normalized spacial score (nSPS) is 13.3. The Bertz CT molecular complexity index is 651. The number of hydrogen-bond donors (Lipinski definition) is 0. The minimum atomic E-state index is -0.442. The molecule has 2 aromatic rings. The van der Waals surface area contributed by atoms with Crippen molar-refractivity contribution in [2.45, 2.75) is 21.8 Å². The van der Waals surface area contributed by atoms with Gasteiger partial charge in [0.15, 0.2) is 0 Å². The Morgan fingerprint density at radius 1 is 0.708 bits per heavy atom. The molecule has 0 radical (unpaired) electrons. The molecule has 2 nitrogen and oxygen atoms in total. The van der Waals surface area contributed by atoms with Gasteiger partial charge in [0, 0.05) is 0 Å². The maximum absolute atomic E-state index is 12.5. The van der Waals surface area contributed by atoms with Gasteiger partial charge in [0.2, 0.25) is 0 Å². The molecule has 126 valence electrons. The van der Waals surface area contributed by atoms with Gasteiger partial charge >= 0.3 is 178 Å². The van der Waals surface area contributed by atoms with Gasteiger partial charge in [-0.15, -0.1) is 0 Å². The summed E-state index contributed by atoms with van der Waals surface area (Å²) in [7, 11) is 0. The van der Waals surface area contributed by atoms with E-state index < -0.39 is 34.1 Å². The molecule has 0 N–H and O–H groups in total. The van der Waals surface area contributed by atoms with Crippen molar-refractivity contribution in [1.82, 2.24) is 0 Å². The second-order valence-electron chi connectivity index (χ2n) is 5.22. The minimum absolute atomic E-state index is 0.0964. The molecule has 0 spiro atoms. The van der Waals surface area contributed by atoms with Gasteiger partial charge in [-0.2, -0.15) is 0 Å². The predicted octanol–water partition coefficient (Wildman–Crippen LogP) is 5.22. The first-order chi connectivity index (χ1) is 11.4. The zero-order valence-electron chi connectivity index (χ0n) is 13.2. The van der Waals surface area contributed by atoms with Crippen molar-refractivity contribution in [3.05, 3.63) is 68.6 Å². The van der Waals surface area contributed by atoms with E-state index in [1.54, 1.807) is 0 Å². The molecule has 2 aromatic carbocycles. The summed E-state index contributed by atoms with van der Waals surface area (Å²) < 4.78 is 2.15. The SMILES string of the molecule is CC([Te][Te]C(C)C(=O)c1ccc(Br)cc1)C(=O)c1ccc(Br)cc1. The Kier molecular flexibility index (Phi) is 8.48. The molecule has 0 saturated heterocycles. The molecule has 2 atom stereocenters. The molecular weight excluding hydrogens is 663 g/mol. The van der Waals surface area contributed by atoms with E-state index in [-0.39, 0.29) is 19.5 Å². The summed E-state index contributed by atoms with van der Waals surface area (Å²) in [6.45, 7) is 4.04. The van der Waals surface area contributed by atoms with Crippen LogP contribution in [0.3, 0.4) is 0 Å². The molecule has 0 aliphatic rings. The molecule has 0 saturated carbocycles. The number of carbonyl (C=O) groups excluding carboxylic acids is 2. The third-order valence-corrected chi connectivity index (χ3v) is 20.8. The molecule has 2 rings (SSSR count). The molecule has 24 heavy (non-hydrogen) atoms. The Labute approximate surface area is 175 Å². The van der Waals surface area contributed by atoms with Gasteiger partial charge in [0.1, 0.15) is 0 Å². The predicted molar refractivity (Wildman–Crippen MR) is 107 cm³/mol. The molecule has 2 unspecified atom stereocenters. The Hall–Kier alpha value is 0.319. The van der Waals surface area contributed by atoms with Crippen LogP contribution >= 0.6 is 31.9 Å². The summed E-state index contributed by atoms with van der Waals surface area (Å²) in [5.74, 6) is 0.441. The number of rotatable bonds is 7. The first-order valence-electron chi connectivity index (χ1n) is 7.30. The van der Waals surface area contributed by atoms with Crippen LogP contribution in [0.2, 0.25) is 7.93 Å². The van der Waals surface area contributed by atoms with Crippen molar-refractivity contribution in [2.75, 3.05) is 0 Å². The molecule has 0 bridgehead atoms. The summed E-state index contributed by atoms with van der Waals surface area (Å²) in [6, 6.07) is 15.1. The fraction of sp³-hybridized carbons (Fsp3) is 0.222. The van der Waals surface area contributed by atoms with E-state index in [4.69, 9.17) is 0 Å². The molecule has 0 amide bonds. The summed E-state index contributed by atoms with van der Waals surface area (Å²) >= 11 is 5.89. The van der Waals surface area contributed by atoms with E-state index >= 15 is 0 Å². The molecule has 0 heterocycles. The fourth-order valence-electron chi connectivity index (χ4n) is 1.95. The van der Waals surface area contributed by atoms with Crippen LogP contribution in [-0.4, -0.2) is 45.7 Å². The van der Waals surface area contributed by atoms with Crippen LogP contribution in [0.15, 0.2) is 57.5 Å². The average molecular weight is 679 g/mol. The number of hydrogen-bond acceptors (Lipinski definition) is 2. The second kappa shape index (κ2) is 9.86. The van der Waals surface area contributed by atoms with Gasteiger partial charge in [0.25, 0.3) is 0 Å². The van der Waals surface area contributed by atoms with Gasteiger partial charge in [-0.3, -0.25) is 0 Å². The van der Waals surface area contributed by atoms with Crippen LogP contribution in [0.4, 0.5) is 0 Å². The van der Waals surface area contributed by atoms with Crippen LogP contribution in [0.5, 0.6) is 0 Å². The van der Waals surface area contributed by atoms with Gasteiger partial charge in [-0.1, -0.05) is 0 Å². The van der Waals surface area contributed by atoms with Crippen LogP contribution < -0.4 is 0 Å².